The first-order valence-electron chi connectivity index (χ1n) is 6.63. The minimum absolute atomic E-state index is 0.0632. The molecule has 3 heterocycles. The van der Waals surface area contributed by atoms with E-state index >= 15 is 0 Å². The van der Waals surface area contributed by atoms with Crippen molar-refractivity contribution in [3.05, 3.63) is 16.5 Å². The lowest BCUT2D eigenvalue weighted by Crippen LogP contribution is -2.46. The first kappa shape index (κ1) is 12.7. The van der Waals surface area contributed by atoms with Gasteiger partial charge in [-0.3, -0.25) is 4.79 Å². The standard InChI is InChI=1S/C13H17ClN4O/c1-7-8(2)17-12(11(14)16-7)18-5-3-4-9-10(18)6-15-13(9)19/h9-10H,3-6H2,1-2H3,(H,15,19). The Balaban J connectivity index is 1.97. The Morgan fingerprint density at radius 3 is 2.84 bits per heavy atom. The number of aromatic nitrogens is 2. The van der Waals surface area contributed by atoms with E-state index < -0.39 is 0 Å². The highest BCUT2D eigenvalue weighted by molar-refractivity contribution is 6.31. The number of aryl methyl sites for hydroxylation is 2. The molecule has 0 aromatic carbocycles. The number of halogens is 1. The number of nitrogens with one attached hydrogen (secondary N) is 1. The van der Waals surface area contributed by atoms with E-state index in [0.29, 0.717) is 11.7 Å². The zero-order chi connectivity index (χ0) is 13.6. The molecule has 0 bridgehead atoms. The molecular formula is C13H17ClN4O. The quantitative estimate of drug-likeness (QED) is 0.846. The summed E-state index contributed by atoms with van der Waals surface area (Å²) in [6.07, 6.45) is 1.93. The van der Waals surface area contributed by atoms with Gasteiger partial charge < -0.3 is 10.2 Å². The molecule has 0 spiro atoms. The van der Waals surface area contributed by atoms with Gasteiger partial charge in [-0.1, -0.05) is 11.6 Å². The number of hydrogen-bond acceptors (Lipinski definition) is 4. The van der Waals surface area contributed by atoms with E-state index in [2.05, 4.69) is 20.2 Å². The maximum atomic E-state index is 11.8. The van der Waals surface area contributed by atoms with Gasteiger partial charge in [0, 0.05) is 13.1 Å². The van der Waals surface area contributed by atoms with Crippen molar-refractivity contribution in [2.75, 3.05) is 18.0 Å². The molecule has 1 aromatic rings. The van der Waals surface area contributed by atoms with Crippen LogP contribution in [0.4, 0.5) is 5.82 Å². The van der Waals surface area contributed by atoms with Crippen LogP contribution in [0.1, 0.15) is 24.2 Å². The maximum Gasteiger partial charge on any atom is 0.225 e. The Kier molecular flexibility index (Phi) is 3.09. The lowest BCUT2D eigenvalue weighted by Gasteiger charge is -2.37. The summed E-state index contributed by atoms with van der Waals surface area (Å²) in [5, 5.41) is 3.37. The molecule has 0 radical (unpaired) electrons. The van der Waals surface area contributed by atoms with Crippen molar-refractivity contribution in [1.29, 1.82) is 0 Å². The van der Waals surface area contributed by atoms with E-state index in [1.54, 1.807) is 0 Å². The Bertz CT molecular complexity index is 534. The lowest BCUT2D eigenvalue weighted by molar-refractivity contribution is -0.122. The molecule has 1 N–H and O–H groups in total. The average Bonchev–Trinajstić information content (AvgIpc) is 2.76. The minimum atomic E-state index is 0.0632. The topological polar surface area (TPSA) is 58.1 Å². The number of nitrogens with zero attached hydrogens (tertiary/aromatic N) is 3. The normalized spacial score (nSPS) is 26.3. The molecule has 2 saturated heterocycles. The maximum absolute atomic E-state index is 11.8. The summed E-state index contributed by atoms with van der Waals surface area (Å²) in [5.41, 5.74) is 1.74. The number of rotatable bonds is 1. The predicted molar refractivity (Wildman–Crippen MR) is 73.4 cm³/mol. The molecule has 3 rings (SSSR count). The Hall–Kier alpha value is -1.36. The van der Waals surface area contributed by atoms with Crippen LogP contribution in [-0.4, -0.2) is 35.0 Å². The van der Waals surface area contributed by atoms with Crippen molar-refractivity contribution in [3.63, 3.8) is 0 Å². The van der Waals surface area contributed by atoms with Crippen molar-refractivity contribution in [1.82, 2.24) is 15.3 Å². The van der Waals surface area contributed by atoms with Crippen LogP contribution in [0.3, 0.4) is 0 Å². The molecule has 1 aromatic heterocycles. The van der Waals surface area contributed by atoms with Gasteiger partial charge in [0.15, 0.2) is 11.0 Å². The van der Waals surface area contributed by atoms with E-state index in [9.17, 15) is 4.79 Å². The molecule has 2 unspecified atom stereocenters. The van der Waals surface area contributed by atoms with Crippen LogP contribution in [-0.2, 0) is 4.79 Å². The Morgan fingerprint density at radius 2 is 2.05 bits per heavy atom. The molecule has 2 atom stereocenters. The summed E-state index contributed by atoms with van der Waals surface area (Å²) in [6, 6.07) is 0.162. The molecular weight excluding hydrogens is 264 g/mol. The van der Waals surface area contributed by atoms with E-state index in [4.69, 9.17) is 11.6 Å². The van der Waals surface area contributed by atoms with Gasteiger partial charge in [-0.05, 0) is 26.7 Å². The molecule has 0 saturated carbocycles. The van der Waals surface area contributed by atoms with Crippen LogP contribution >= 0.6 is 11.6 Å². The number of carbonyl (C=O) groups excluding carboxylic acids is 1. The third-order valence-corrected chi connectivity index (χ3v) is 4.37. The van der Waals surface area contributed by atoms with E-state index in [1.807, 2.05) is 13.8 Å². The summed E-state index contributed by atoms with van der Waals surface area (Å²) in [5.74, 6) is 0.937. The second kappa shape index (κ2) is 4.63. The number of piperidine rings is 1. The summed E-state index contributed by atoms with van der Waals surface area (Å²) in [7, 11) is 0. The van der Waals surface area contributed by atoms with Crippen molar-refractivity contribution in [3.8, 4) is 0 Å². The van der Waals surface area contributed by atoms with Gasteiger partial charge in [0.2, 0.25) is 5.91 Å². The van der Waals surface area contributed by atoms with Crippen molar-refractivity contribution < 1.29 is 4.79 Å². The van der Waals surface area contributed by atoms with Crippen LogP contribution in [0.5, 0.6) is 0 Å². The van der Waals surface area contributed by atoms with Gasteiger partial charge in [0.05, 0.1) is 23.3 Å². The van der Waals surface area contributed by atoms with Gasteiger partial charge in [-0.25, -0.2) is 9.97 Å². The Labute approximate surface area is 117 Å². The molecule has 2 aliphatic rings. The van der Waals surface area contributed by atoms with Crippen LogP contribution in [0.25, 0.3) is 0 Å². The average molecular weight is 281 g/mol. The second-order valence-electron chi connectivity index (χ2n) is 5.26. The van der Waals surface area contributed by atoms with Crippen molar-refractivity contribution in [2.24, 2.45) is 5.92 Å². The predicted octanol–water partition coefficient (Wildman–Crippen LogP) is 1.46. The molecule has 0 aliphatic carbocycles. The number of amides is 1. The molecule has 2 aliphatic heterocycles. The second-order valence-corrected chi connectivity index (χ2v) is 5.62. The third-order valence-electron chi connectivity index (χ3n) is 4.12. The smallest absolute Gasteiger partial charge is 0.225 e. The summed E-state index contributed by atoms with van der Waals surface area (Å²) < 4.78 is 0. The van der Waals surface area contributed by atoms with E-state index in [-0.39, 0.29) is 17.9 Å². The fraction of sp³-hybridized carbons (Fsp3) is 0.615. The van der Waals surface area contributed by atoms with E-state index in [1.165, 1.54) is 0 Å². The molecule has 1 amide bonds. The highest BCUT2D eigenvalue weighted by atomic mass is 35.5. The zero-order valence-electron chi connectivity index (χ0n) is 11.1. The molecule has 5 nitrogen and oxygen atoms in total. The molecule has 2 fully saturated rings. The minimum Gasteiger partial charge on any atom is -0.354 e. The van der Waals surface area contributed by atoms with Gasteiger partial charge in [-0.2, -0.15) is 0 Å². The first-order chi connectivity index (χ1) is 9.08. The van der Waals surface area contributed by atoms with Gasteiger partial charge in [-0.15, -0.1) is 0 Å². The molecule has 6 heteroatoms. The van der Waals surface area contributed by atoms with Gasteiger partial charge in [0.25, 0.3) is 0 Å². The summed E-state index contributed by atoms with van der Waals surface area (Å²) >= 11 is 6.24. The zero-order valence-corrected chi connectivity index (χ0v) is 11.9. The third kappa shape index (κ3) is 2.06. The summed E-state index contributed by atoms with van der Waals surface area (Å²) in [4.78, 5) is 22.8. The Morgan fingerprint density at radius 1 is 1.32 bits per heavy atom. The highest BCUT2D eigenvalue weighted by Crippen LogP contribution is 2.33. The van der Waals surface area contributed by atoms with Gasteiger partial charge >= 0.3 is 0 Å². The summed E-state index contributed by atoms with van der Waals surface area (Å²) in [6.45, 7) is 5.39. The molecule has 102 valence electrons. The van der Waals surface area contributed by atoms with Crippen LogP contribution in [0, 0.1) is 19.8 Å². The van der Waals surface area contributed by atoms with Gasteiger partial charge in [0.1, 0.15) is 0 Å². The SMILES string of the molecule is Cc1nc(Cl)c(N2CCCC3C(=O)NCC32)nc1C. The number of carbonyl (C=O) groups is 1. The largest absolute Gasteiger partial charge is 0.354 e. The van der Waals surface area contributed by atoms with Crippen LogP contribution in [0.15, 0.2) is 0 Å². The van der Waals surface area contributed by atoms with Crippen LogP contribution in [0.2, 0.25) is 5.15 Å². The number of anilines is 1. The van der Waals surface area contributed by atoms with E-state index in [0.717, 1.165) is 36.6 Å². The monoisotopic (exact) mass is 280 g/mol. The van der Waals surface area contributed by atoms with Crippen molar-refractivity contribution in [2.45, 2.75) is 32.7 Å². The lowest BCUT2D eigenvalue weighted by atomic mass is 9.91. The molecule has 19 heavy (non-hydrogen) atoms. The fourth-order valence-corrected chi connectivity index (χ4v) is 3.24. The number of fused-ring (bicyclic) bond motifs is 1. The van der Waals surface area contributed by atoms with Crippen LogP contribution < -0.4 is 10.2 Å². The number of hydrogen-bond donors (Lipinski definition) is 1. The highest BCUT2D eigenvalue weighted by Gasteiger charge is 2.41. The fourth-order valence-electron chi connectivity index (χ4n) is 2.96. The first-order valence-corrected chi connectivity index (χ1v) is 7.01. The van der Waals surface area contributed by atoms with Crippen molar-refractivity contribution >= 4 is 23.3 Å².